The molecule has 1 N–H and O–H groups in total. The lowest BCUT2D eigenvalue weighted by atomic mass is 10.1. The molecule has 3 aromatic rings. The predicted molar refractivity (Wildman–Crippen MR) is 78.0 cm³/mol. The molecular formula is C16H14N2O3. The number of aryl methyl sites for hydroxylation is 1. The van der Waals surface area contributed by atoms with Gasteiger partial charge in [-0.25, -0.2) is 4.98 Å². The number of nitrogens with zero attached hydrogens (tertiary/aromatic N) is 1. The number of furan rings is 1. The standard InChI is InChI=1S/C16H14N2O3/c1-2-13-6-7-14(21-13)16(19)18-12-5-3-4-11(8-12)15-9-17-10-20-15/h3-10H,2H2,1H3,(H,18,19). The SMILES string of the molecule is CCc1ccc(C(=O)Nc2cccc(-c3cnco3)c2)o1. The molecule has 0 saturated heterocycles. The summed E-state index contributed by atoms with van der Waals surface area (Å²) >= 11 is 0. The second-order valence-electron chi connectivity index (χ2n) is 4.52. The van der Waals surface area contributed by atoms with Crippen molar-refractivity contribution in [3.8, 4) is 11.3 Å². The van der Waals surface area contributed by atoms with Crippen molar-refractivity contribution in [1.29, 1.82) is 0 Å². The summed E-state index contributed by atoms with van der Waals surface area (Å²) in [5.41, 5.74) is 1.52. The highest BCUT2D eigenvalue weighted by molar-refractivity contribution is 6.02. The van der Waals surface area contributed by atoms with Gasteiger partial charge >= 0.3 is 0 Å². The Morgan fingerprint density at radius 3 is 2.90 bits per heavy atom. The number of aromatic nitrogens is 1. The van der Waals surface area contributed by atoms with Crippen LogP contribution >= 0.6 is 0 Å². The van der Waals surface area contributed by atoms with Gasteiger partial charge in [0.25, 0.3) is 5.91 Å². The molecule has 0 spiro atoms. The van der Waals surface area contributed by atoms with E-state index in [2.05, 4.69) is 10.3 Å². The van der Waals surface area contributed by atoms with Gasteiger partial charge in [0.15, 0.2) is 17.9 Å². The second-order valence-corrected chi connectivity index (χ2v) is 4.52. The average Bonchev–Trinajstić information content (AvgIpc) is 3.19. The monoisotopic (exact) mass is 282 g/mol. The lowest BCUT2D eigenvalue weighted by Gasteiger charge is -2.04. The Morgan fingerprint density at radius 2 is 2.19 bits per heavy atom. The van der Waals surface area contributed by atoms with Crippen LogP contribution in [0.1, 0.15) is 23.2 Å². The summed E-state index contributed by atoms with van der Waals surface area (Å²) in [5, 5.41) is 2.80. The maximum absolute atomic E-state index is 12.1. The number of rotatable bonds is 4. The number of hydrogen-bond donors (Lipinski definition) is 1. The molecule has 3 rings (SSSR count). The third-order valence-corrected chi connectivity index (χ3v) is 3.07. The Kier molecular flexibility index (Phi) is 3.55. The first-order chi connectivity index (χ1) is 10.3. The van der Waals surface area contributed by atoms with Gasteiger partial charge in [-0.05, 0) is 24.3 Å². The van der Waals surface area contributed by atoms with E-state index in [-0.39, 0.29) is 5.91 Å². The number of amides is 1. The third kappa shape index (κ3) is 2.86. The lowest BCUT2D eigenvalue weighted by Crippen LogP contribution is -2.10. The summed E-state index contributed by atoms with van der Waals surface area (Å²) < 4.78 is 10.7. The minimum atomic E-state index is -0.274. The van der Waals surface area contributed by atoms with Crippen molar-refractivity contribution in [1.82, 2.24) is 4.98 Å². The van der Waals surface area contributed by atoms with Gasteiger partial charge in [-0.1, -0.05) is 19.1 Å². The molecule has 0 fully saturated rings. The van der Waals surface area contributed by atoms with Crippen LogP contribution in [0.2, 0.25) is 0 Å². The molecule has 21 heavy (non-hydrogen) atoms. The van der Waals surface area contributed by atoms with Crippen LogP contribution < -0.4 is 5.32 Å². The topological polar surface area (TPSA) is 68.3 Å². The number of oxazole rings is 1. The van der Waals surface area contributed by atoms with Crippen LogP contribution in [0.15, 0.2) is 57.8 Å². The van der Waals surface area contributed by atoms with Gasteiger partial charge in [0, 0.05) is 17.7 Å². The number of nitrogens with one attached hydrogen (secondary N) is 1. The molecule has 106 valence electrons. The fourth-order valence-corrected chi connectivity index (χ4v) is 1.99. The van der Waals surface area contributed by atoms with Crippen LogP contribution in [0.3, 0.4) is 0 Å². The molecule has 1 amide bonds. The van der Waals surface area contributed by atoms with Crippen LogP contribution in [0, 0.1) is 0 Å². The van der Waals surface area contributed by atoms with E-state index < -0.39 is 0 Å². The van der Waals surface area contributed by atoms with Crippen LogP contribution in [0.5, 0.6) is 0 Å². The fraction of sp³-hybridized carbons (Fsp3) is 0.125. The van der Waals surface area contributed by atoms with Crippen molar-refractivity contribution >= 4 is 11.6 Å². The molecule has 2 aromatic heterocycles. The molecule has 0 aliphatic carbocycles. The van der Waals surface area contributed by atoms with Gasteiger partial charge in [-0.3, -0.25) is 4.79 Å². The van der Waals surface area contributed by atoms with E-state index >= 15 is 0 Å². The second kappa shape index (κ2) is 5.66. The zero-order chi connectivity index (χ0) is 14.7. The number of anilines is 1. The first-order valence-corrected chi connectivity index (χ1v) is 6.65. The van der Waals surface area contributed by atoms with Crippen molar-refractivity contribution in [2.75, 3.05) is 5.32 Å². The lowest BCUT2D eigenvalue weighted by molar-refractivity contribution is 0.0995. The van der Waals surface area contributed by atoms with Gasteiger partial charge in [0.1, 0.15) is 5.76 Å². The van der Waals surface area contributed by atoms with Crippen LogP contribution in [-0.4, -0.2) is 10.9 Å². The van der Waals surface area contributed by atoms with Gasteiger partial charge in [0.05, 0.1) is 6.20 Å². The molecular weight excluding hydrogens is 268 g/mol. The smallest absolute Gasteiger partial charge is 0.291 e. The summed E-state index contributed by atoms with van der Waals surface area (Å²) in [6, 6.07) is 10.8. The Balaban J connectivity index is 1.78. The third-order valence-electron chi connectivity index (χ3n) is 3.07. The maximum Gasteiger partial charge on any atom is 0.291 e. The molecule has 0 aliphatic rings. The Hall–Kier alpha value is -2.82. The number of hydrogen-bond acceptors (Lipinski definition) is 4. The molecule has 0 bridgehead atoms. The Labute approximate surface area is 121 Å². The molecule has 5 heteroatoms. The van der Waals surface area contributed by atoms with E-state index in [9.17, 15) is 4.79 Å². The molecule has 2 heterocycles. The van der Waals surface area contributed by atoms with Crippen LogP contribution in [-0.2, 0) is 6.42 Å². The highest BCUT2D eigenvalue weighted by Crippen LogP contribution is 2.22. The summed E-state index contributed by atoms with van der Waals surface area (Å²) in [6.45, 7) is 1.97. The quantitative estimate of drug-likeness (QED) is 0.791. The summed E-state index contributed by atoms with van der Waals surface area (Å²) in [5.74, 6) is 1.47. The largest absolute Gasteiger partial charge is 0.456 e. The van der Waals surface area contributed by atoms with Gasteiger partial charge in [0.2, 0.25) is 0 Å². The van der Waals surface area contributed by atoms with Crippen molar-refractivity contribution in [3.63, 3.8) is 0 Å². The zero-order valence-corrected chi connectivity index (χ0v) is 11.5. The van der Waals surface area contributed by atoms with Gasteiger partial charge in [-0.15, -0.1) is 0 Å². The highest BCUT2D eigenvalue weighted by atomic mass is 16.4. The molecule has 0 aliphatic heterocycles. The van der Waals surface area contributed by atoms with Crippen molar-refractivity contribution in [3.05, 3.63) is 60.5 Å². The maximum atomic E-state index is 12.1. The number of carbonyl (C=O) groups is 1. The van der Waals surface area contributed by atoms with Crippen molar-refractivity contribution < 1.29 is 13.6 Å². The van der Waals surface area contributed by atoms with Crippen molar-refractivity contribution in [2.45, 2.75) is 13.3 Å². The molecule has 0 radical (unpaired) electrons. The van der Waals surface area contributed by atoms with E-state index in [1.165, 1.54) is 6.39 Å². The molecule has 1 aromatic carbocycles. The minimum absolute atomic E-state index is 0.274. The van der Waals surface area contributed by atoms with E-state index in [1.807, 2.05) is 25.1 Å². The van der Waals surface area contributed by atoms with Gasteiger partial charge < -0.3 is 14.2 Å². The van der Waals surface area contributed by atoms with E-state index in [4.69, 9.17) is 8.83 Å². The normalized spacial score (nSPS) is 10.5. The summed E-state index contributed by atoms with van der Waals surface area (Å²) in [7, 11) is 0. The highest BCUT2D eigenvalue weighted by Gasteiger charge is 2.11. The first kappa shape index (κ1) is 13.2. The summed E-state index contributed by atoms with van der Waals surface area (Å²) in [6.07, 6.45) is 3.75. The van der Waals surface area contributed by atoms with Gasteiger partial charge in [-0.2, -0.15) is 0 Å². The molecule has 5 nitrogen and oxygen atoms in total. The zero-order valence-electron chi connectivity index (χ0n) is 11.5. The Morgan fingerprint density at radius 1 is 1.29 bits per heavy atom. The van der Waals surface area contributed by atoms with Crippen LogP contribution in [0.25, 0.3) is 11.3 Å². The molecule has 0 atom stereocenters. The van der Waals surface area contributed by atoms with E-state index in [0.717, 1.165) is 17.7 Å². The molecule has 0 unspecified atom stereocenters. The van der Waals surface area contributed by atoms with Crippen molar-refractivity contribution in [2.24, 2.45) is 0 Å². The average molecular weight is 282 g/mol. The minimum Gasteiger partial charge on any atom is -0.456 e. The summed E-state index contributed by atoms with van der Waals surface area (Å²) in [4.78, 5) is 16.0. The van der Waals surface area contributed by atoms with E-state index in [1.54, 1.807) is 24.4 Å². The van der Waals surface area contributed by atoms with E-state index in [0.29, 0.717) is 17.2 Å². The molecule has 0 saturated carbocycles. The van der Waals surface area contributed by atoms with Crippen LogP contribution in [0.4, 0.5) is 5.69 Å². The first-order valence-electron chi connectivity index (χ1n) is 6.65. The number of benzene rings is 1. The fourth-order valence-electron chi connectivity index (χ4n) is 1.99. The predicted octanol–water partition coefficient (Wildman–Crippen LogP) is 3.75. The number of carbonyl (C=O) groups excluding carboxylic acids is 1. The Bertz CT molecular complexity index is 744.